The van der Waals surface area contributed by atoms with E-state index in [1.165, 1.54) is 29.5 Å². The fourth-order valence-electron chi connectivity index (χ4n) is 4.10. The van der Waals surface area contributed by atoms with E-state index in [9.17, 15) is 4.79 Å². The van der Waals surface area contributed by atoms with Crippen molar-refractivity contribution in [1.82, 2.24) is 10.2 Å². The molecule has 0 radical (unpaired) electrons. The molecule has 0 bridgehead atoms. The highest BCUT2D eigenvalue weighted by atomic mass is 16.5. The second-order valence-corrected chi connectivity index (χ2v) is 9.38. The van der Waals surface area contributed by atoms with Gasteiger partial charge in [-0.25, -0.2) is 0 Å². The molecule has 1 fully saturated rings. The SMILES string of the molecule is CC(C)CNCc1ccc2c(c1)CC(N(C)C(=O)c1ccc(OCC3CC3)cc1)C2. The molecule has 0 saturated heterocycles. The number of likely N-dealkylation sites (N-methyl/N-ethyl adjacent to an activating group) is 1. The Labute approximate surface area is 180 Å². The lowest BCUT2D eigenvalue weighted by atomic mass is 10.1. The molecule has 160 valence electrons. The number of rotatable bonds is 9. The number of amides is 1. The van der Waals surface area contributed by atoms with Gasteiger partial charge in [0.25, 0.3) is 5.91 Å². The van der Waals surface area contributed by atoms with Gasteiger partial charge >= 0.3 is 0 Å². The molecule has 2 aliphatic rings. The minimum Gasteiger partial charge on any atom is -0.493 e. The Morgan fingerprint density at radius 1 is 1.10 bits per heavy atom. The van der Waals surface area contributed by atoms with E-state index in [2.05, 4.69) is 37.4 Å². The Bertz CT molecular complexity index is 871. The van der Waals surface area contributed by atoms with Crippen LogP contribution < -0.4 is 10.1 Å². The van der Waals surface area contributed by atoms with Crippen molar-refractivity contribution in [3.8, 4) is 5.75 Å². The van der Waals surface area contributed by atoms with Crippen LogP contribution in [0.25, 0.3) is 0 Å². The molecule has 1 atom stereocenters. The Morgan fingerprint density at radius 2 is 1.83 bits per heavy atom. The quantitative estimate of drug-likeness (QED) is 0.668. The van der Waals surface area contributed by atoms with Gasteiger partial charge in [-0.2, -0.15) is 0 Å². The first-order valence-electron chi connectivity index (χ1n) is 11.3. The summed E-state index contributed by atoms with van der Waals surface area (Å²) in [5, 5.41) is 3.51. The van der Waals surface area contributed by atoms with Crippen LogP contribution in [0.15, 0.2) is 42.5 Å². The monoisotopic (exact) mass is 406 g/mol. The summed E-state index contributed by atoms with van der Waals surface area (Å²) in [6, 6.07) is 14.6. The van der Waals surface area contributed by atoms with Gasteiger partial charge in [0.1, 0.15) is 5.75 Å². The molecular formula is C26H34N2O2. The van der Waals surface area contributed by atoms with E-state index < -0.39 is 0 Å². The molecule has 0 heterocycles. The van der Waals surface area contributed by atoms with Crippen molar-refractivity contribution < 1.29 is 9.53 Å². The Kier molecular flexibility index (Phi) is 6.43. The summed E-state index contributed by atoms with van der Waals surface area (Å²) < 4.78 is 5.79. The van der Waals surface area contributed by atoms with Crippen molar-refractivity contribution in [2.24, 2.45) is 11.8 Å². The molecule has 2 aromatic rings. The summed E-state index contributed by atoms with van der Waals surface area (Å²) >= 11 is 0. The highest BCUT2D eigenvalue weighted by molar-refractivity contribution is 5.94. The maximum Gasteiger partial charge on any atom is 0.253 e. The standard InChI is InChI=1S/C26H34N2O2/c1-18(2)15-27-16-20-6-7-22-13-24(14-23(22)12-20)28(3)26(29)21-8-10-25(11-9-21)30-17-19-4-5-19/h6-12,18-19,24,27H,4-5,13-17H2,1-3H3. The molecule has 30 heavy (non-hydrogen) atoms. The number of nitrogens with zero attached hydrogens (tertiary/aromatic N) is 1. The van der Waals surface area contributed by atoms with Crippen molar-refractivity contribution in [1.29, 1.82) is 0 Å². The Balaban J connectivity index is 1.33. The van der Waals surface area contributed by atoms with Crippen LogP contribution in [0.2, 0.25) is 0 Å². The highest BCUT2D eigenvalue weighted by Gasteiger charge is 2.28. The average Bonchev–Trinajstić information content (AvgIpc) is 3.48. The predicted octanol–water partition coefficient (Wildman–Crippen LogP) is 4.46. The maximum absolute atomic E-state index is 13.0. The van der Waals surface area contributed by atoms with E-state index >= 15 is 0 Å². The van der Waals surface area contributed by atoms with Crippen LogP contribution in [0.4, 0.5) is 0 Å². The topological polar surface area (TPSA) is 41.6 Å². The molecule has 0 aromatic heterocycles. The molecule has 4 heteroatoms. The molecule has 1 unspecified atom stereocenters. The minimum absolute atomic E-state index is 0.0837. The fourth-order valence-corrected chi connectivity index (χ4v) is 4.10. The molecule has 1 amide bonds. The number of carbonyl (C=O) groups excluding carboxylic acids is 1. The summed E-state index contributed by atoms with van der Waals surface area (Å²) in [6.45, 7) is 7.17. The number of hydrogen-bond donors (Lipinski definition) is 1. The third-order valence-electron chi connectivity index (χ3n) is 6.22. The number of benzene rings is 2. The van der Waals surface area contributed by atoms with Crippen LogP contribution in [0.3, 0.4) is 0 Å². The van der Waals surface area contributed by atoms with E-state index in [0.29, 0.717) is 5.92 Å². The third-order valence-corrected chi connectivity index (χ3v) is 6.22. The number of carbonyl (C=O) groups is 1. The highest BCUT2D eigenvalue weighted by Crippen LogP contribution is 2.30. The van der Waals surface area contributed by atoms with Crippen molar-refractivity contribution in [2.45, 2.75) is 52.1 Å². The molecule has 0 aliphatic heterocycles. The average molecular weight is 407 g/mol. The molecule has 2 aromatic carbocycles. The van der Waals surface area contributed by atoms with Crippen molar-refractivity contribution >= 4 is 5.91 Å². The van der Waals surface area contributed by atoms with Gasteiger partial charge in [0.2, 0.25) is 0 Å². The normalized spacial score (nSPS) is 17.8. The van der Waals surface area contributed by atoms with Crippen molar-refractivity contribution in [2.75, 3.05) is 20.2 Å². The molecule has 1 saturated carbocycles. The molecule has 1 N–H and O–H groups in total. The van der Waals surface area contributed by atoms with Gasteiger partial charge in [0.05, 0.1) is 6.61 Å². The Morgan fingerprint density at radius 3 is 2.53 bits per heavy atom. The molecule has 4 rings (SSSR count). The smallest absolute Gasteiger partial charge is 0.253 e. The first-order chi connectivity index (χ1) is 14.5. The van der Waals surface area contributed by atoms with Crippen molar-refractivity contribution in [3.05, 3.63) is 64.7 Å². The molecule has 4 nitrogen and oxygen atoms in total. The number of ether oxygens (including phenoxy) is 1. The van der Waals surface area contributed by atoms with Crippen LogP contribution in [-0.2, 0) is 19.4 Å². The van der Waals surface area contributed by atoms with Crippen LogP contribution in [0, 0.1) is 11.8 Å². The summed E-state index contributed by atoms with van der Waals surface area (Å²) in [4.78, 5) is 14.9. The van der Waals surface area contributed by atoms with E-state index in [1.54, 1.807) is 0 Å². The maximum atomic E-state index is 13.0. The van der Waals surface area contributed by atoms with Gasteiger partial charge in [-0.1, -0.05) is 32.0 Å². The van der Waals surface area contributed by atoms with Gasteiger partial charge in [0.15, 0.2) is 0 Å². The lowest BCUT2D eigenvalue weighted by molar-refractivity contribution is 0.0737. The first kappa shape index (κ1) is 20.9. The molecular weight excluding hydrogens is 372 g/mol. The fraction of sp³-hybridized carbons (Fsp3) is 0.500. The second kappa shape index (κ2) is 9.22. The van der Waals surface area contributed by atoms with Crippen LogP contribution >= 0.6 is 0 Å². The number of nitrogens with one attached hydrogen (secondary N) is 1. The van der Waals surface area contributed by atoms with Crippen molar-refractivity contribution in [3.63, 3.8) is 0 Å². The zero-order valence-electron chi connectivity index (χ0n) is 18.5. The van der Waals surface area contributed by atoms with E-state index in [1.807, 2.05) is 36.2 Å². The number of hydrogen-bond acceptors (Lipinski definition) is 3. The van der Waals surface area contributed by atoms with Crippen LogP contribution in [0.1, 0.15) is 53.7 Å². The van der Waals surface area contributed by atoms with Crippen LogP contribution in [0.5, 0.6) is 5.75 Å². The zero-order valence-corrected chi connectivity index (χ0v) is 18.5. The van der Waals surface area contributed by atoms with Gasteiger partial charge < -0.3 is 15.0 Å². The minimum atomic E-state index is 0.0837. The van der Waals surface area contributed by atoms with E-state index in [-0.39, 0.29) is 11.9 Å². The third kappa shape index (κ3) is 5.23. The summed E-state index contributed by atoms with van der Waals surface area (Å²) in [5.74, 6) is 2.32. The van der Waals surface area contributed by atoms with Gasteiger partial charge in [-0.3, -0.25) is 4.79 Å². The first-order valence-corrected chi connectivity index (χ1v) is 11.3. The van der Waals surface area contributed by atoms with Gasteiger partial charge in [-0.05, 0) is 85.0 Å². The predicted molar refractivity (Wildman–Crippen MR) is 121 cm³/mol. The number of fused-ring (bicyclic) bond motifs is 1. The lowest BCUT2D eigenvalue weighted by Crippen LogP contribution is -2.37. The van der Waals surface area contributed by atoms with E-state index in [4.69, 9.17) is 4.74 Å². The second-order valence-electron chi connectivity index (χ2n) is 9.38. The lowest BCUT2D eigenvalue weighted by Gasteiger charge is -2.24. The zero-order chi connectivity index (χ0) is 21.1. The largest absolute Gasteiger partial charge is 0.493 e. The Hall–Kier alpha value is -2.33. The summed E-state index contributed by atoms with van der Waals surface area (Å²) in [5.41, 5.74) is 4.81. The summed E-state index contributed by atoms with van der Waals surface area (Å²) in [7, 11) is 1.93. The van der Waals surface area contributed by atoms with E-state index in [0.717, 1.165) is 49.8 Å². The molecule has 0 spiro atoms. The van der Waals surface area contributed by atoms with Gasteiger partial charge in [-0.15, -0.1) is 0 Å². The molecule has 2 aliphatic carbocycles. The summed E-state index contributed by atoms with van der Waals surface area (Å²) in [6.07, 6.45) is 4.42. The van der Waals surface area contributed by atoms with Crippen LogP contribution in [-0.4, -0.2) is 37.0 Å². The van der Waals surface area contributed by atoms with Gasteiger partial charge in [0, 0.05) is 25.2 Å².